The summed E-state index contributed by atoms with van der Waals surface area (Å²) in [6.45, 7) is 1.26. The average Bonchev–Trinajstić information content (AvgIpc) is 2.45. The van der Waals surface area contributed by atoms with E-state index in [0.29, 0.717) is 32.5 Å². The third-order valence-corrected chi connectivity index (χ3v) is 2.56. The maximum absolute atomic E-state index is 8.25. The molecule has 0 aliphatic heterocycles. The standard InChI is InChI=1S/C12H16N6O/c13-17-15-8-6-12(7-9-16-18-14)19-10-11-4-2-1-3-5-11/h1-5,12H,6-10H2. The van der Waals surface area contributed by atoms with Crippen LogP contribution in [-0.2, 0) is 11.3 Å². The van der Waals surface area contributed by atoms with Gasteiger partial charge in [-0.3, -0.25) is 0 Å². The molecule has 0 unspecified atom stereocenters. The van der Waals surface area contributed by atoms with E-state index in [1.807, 2.05) is 30.3 Å². The van der Waals surface area contributed by atoms with E-state index < -0.39 is 0 Å². The van der Waals surface area contributed by atoms with Gasteiger partial charge in [0.05, 0.1) is 12.7 Å². The fraction of sp³-hybridized carbons (Fsp3) is 0.500. The Morgan fingerprint density at radius 2 is 1.58 bits per heavy atom. The molecule has 0 aliphatic rings. The highest BCUT2D eigenvalue weighted by Crippen LogP contribution is 2.10. The van der Waals surface area contributed by atoms with E-state index in [9.17, 15) is 0 Å². The van der Waals surface area contributed by atoms with Crippen LogP contribution >= 0.6 is 0 Å². The van der Waals surface area contributed by atoms with E-state index in [2.05, 4.69) is 20.1 Å². The van der Waals surface area contributed by atoms with Gasteiger partial charge in [-0.15, -0.1) is 0 Å². The largest absolute Gasteiger partial charge is 0.374 e. The molecular weight excluding hydrogens is 244 g/mol. The molecule has 7 nitrogen and oxygen atoms in total. The minimum Gasteiger partial charge on any atom is -0.374 e. The normalized spacial score (nSPS) is 11.2. The van der Waals surface area contributed by atoms with E-state index in [1.165, 1.54) is 0 Å². The Morgan fingerprint density at radius 3 is 2.11 bits per heavy atom. The van der Waals surface area contributed by atoms with Crippen molar-refractivity contribution in [1.82, 2.24) is 0 Å². The second kappa shape index (κ2) is 9.79. The van der Waals surface area contributed by atoms with Gasteiger partial charge in [0.25, 0.3) is 0 Å². The first-order valence-electron chi connectivity index (χ1n) is 6.04. The zero-order valence-corrected chi connectivity index (χ0v) is 10.6. The first kappa shape index (κ1) is 14.9. The van der Waals surface area contributed by atoms with Crippen molar-refractivity contribution in [1.29, 1.82) is 0 Å². The van der Waals surface area contributed by atoms with E-state index in [1.54, 1.807) is 0 Å². The van der Waals surface area contributed by atoms with Crippen molar-refractivity contribution in [3.05, 3.63) is 56.8 Å². The number of azide groups is 2. The van der Waals surface area contributed by atoms with Gasteiger partial charge in [0, 0.05) is 22.9 Å². The number of benzene rings is 1. The van der Waals surface area contributed by atoms with Gasteiger partial charge in [-0.25, -0.2) is 0 Å². The molecule has 0 aromatic heterocycles. The summed E-state index contributed by atoms with van der Waals surface area (Å²) >= 11 is 0. The fourth-order valence-electron chi connectivity index (χ4n) is 1.59. The van der Waals surface area contributed by atoms with E-state index in [-0.39, 0.29) is 6.10 Å². The number of ether oxygens (including phenoxy) is 1. The van der Waals surface area contributed by atoms with Crippen LogP contribution in [0.5, 0.6) is 0 Å². The Bertz CT molecular complexity index is 429. The molecule has 0 amide bonds. The summed E-state index contributed by atoms with van der Waals surface area (Å²) in [6, 6.07) is 9.82. The first-order chi connectivity index (χ1) is 9.36. The van der Waals surface area contributed by atoms with Gasteiger partial charge in [-0.1, -0.05) is 40.6 Å². The van der Waals surface area contributed by atoms with E-state index >= 15 is 0 Å². The molecule has 100 valence electrons. The summed E-state index contributed by atoms with van der Waals surface area (Å²) in [5.74, 6) is 0. The van der Waals surface area contributed by atoms with Crippen LogP contribution in [0.15, 0.2) is 40.6 Å². The molecule has 0 saturated heterocycles. The molecule has 0 heterocycles. The third kappa shape index (κ3) is 6.95. The Labute approximate surface area is 111 Å². The second-order valence-electron chi connectivity index (χ2n) is 3.90. The molecule has 0 saturated carbocycles. The minimum absolute atomic E-state index is 0.0730. The molecular formula is C12H16N6O. The van der Waals surface area contributed by atoms with Crippen LogP contribution in [0.2, 0.25) is 0 Å². The molecule has 0 spiro atoms. The third-order valence-electron chi connectivity index (χ3n) is 2.56. The van der Waals surface area contributed by atoms with Crippen molar-refractivity contribution < 1.29 is 4.74 Å². The van der Waals surface area contributed by atoms with Crippen LogP contribution in [0.1, 0.15) is 18.4 Å². The minimum atomic E-state index is -0.0730. The van der Waals surface area contributed by atoms with Crippen LogP contribution in [0, 0.1) is 0 Å². The number of hydrogen-bond donors (Lipinski definition) is 0. The van der Waals surface area contributed by atoms with Gasteiger partial charge in [-0.05, 0) is 29.5 Å². The number of nitrogens with zero attached hydrogens (tertiary/aromatic N) is 6. The predicted octanol–water partition coefficient (Wildman–Crippen LogP) is 3.97. The summed E-state index contributed by atoms with van der Waals surface area (Å²) < 4.78 is 5.75. The monoisotopic (exact) mass is 260 g/mol. The summed E-state index contributed by atoms with van der Waals surface area (Å²) in [5.41, 5.74) is 17.6. The Balaban J connectivity index is 2.42. The molecule has 1 rings (SSSR count). The zero-order chi connectivity index (χ0) is 13.8. The van der Waals surface area contributed by atoms with Crippen LogP contribution in [0.25, 0.3) is 20.9 Å². The summed E-state index contributed by atoms with van der Waals surface area (Å²) in [4.78, 5) is 5.42. The van der Waals surface area contributed by atoms with Crippen molar-refractivity contribution in [3.63, 3.8) is 0 Å². The van der Waals surface area contributed by atoms with Gasteiger partial charge in [0.1, 0.15) is 0 Å². The van der Waals surface area contributed by atoms with Gasteiger partial charge in [0.15, 0.2) is 0 Å². The van der Waals surface area contributed by atoms with Crippen LogP contribution in [-0.4, -0.2) is 19.2 Å². The average molecular weight is 260 g/mol. The molecule has 0 N–H and O–H groups in total. The lowest BCUT2D eigenvalue weighted by Gasteiger charge is -2.16. The Morgan fingerprint density at radius 1 is 1.00 bits per heavy atom. The molecule has 1 aromatic rings. The SMILES string of the molecule is [N-]=[N+]=NCCC(CCN=[N+]=[N-])OCc1ccccc1. The first-order valence-corrected chi connectivity index (χ1v) is 6.04. The number of rotatable bonds is 9. The van der Waals surface area contributed by atoms with Crippen LogP contribution in [0.4, 0.5) is 0 Å². The molecule has 19 heavy (non-hydrogen) atoms. The highest BCUT2D eigenvalue weighted by atomic mass is 16.5. The highest BCUT2D eigenvalue weighted by Gasteiger charge is 2.08. The number of hydrogen-bond acceptors (Lipinski definition) is 3. The molecule has 0 fully saturated rings. The summed E-state index contributed by atoms with van der Waals surface area (Å²) in [7, 11) is 0. The van der Waals surface area contributed by atoms with E-state index in [4.69, 9.17) is 15.8 Å². The lowest BCUT2D eigenvalue weighted by molar-refractivity contribution is 0.0327. The quantitative estimate of drug-likeness (QED) is 0.373. The summed E-state index contributed by atoms with van der Waals surface area (Å²) in [5, 5.41) is 6.98. The van der Waals surface area contributed by atoms with Gasteiger partial charge in [-0.2, -0.15) is 0 Å². The van der Waals surface area contributed by atoms with E-state index in [0.717, 1.165) is 5.56 Å². The molecule has 0 atom stereocenters. The molecule has 0 radical (unpaired) electrons. The molecule has 7 heteroatoms. The zero-order valence-electron chi connectivity index (χ0n) is 10.6. The smallest absolute Gasteiger partial charge is 0.0720 e. The fourth-order valence-corrected chi connectivity index (χ4v) is 1.59. The van der Waals surface area contributed by atoms with Crippen molar-refractivity contribution in [2.75, 3.05) is 13.1 Å². The molecule has 1 aromatic carbocycles. The van der Waals surface area contributed by atoms with Crippen molar-refractivity contribution in [2.45, 2.75) is 25.6 Å². The van der Waals surface area contributed by atoms with Crippen molar-refractivity contribution in [3.8, 4) is 0 Å². The second-order valence-corrected chi connectivity index (χ2v) is 3.90. The van der Waals surface area contributed by atoms with Crippen molar-refractivity contribution >= 4 is 0 Å². The topological polar surface area (TPSA) is 107 Å². The lowest BCUT2D eigenvalue weighted by Crippen LogP contribution is -2.15. The summed E-state index contributed by atoms with van der Waals surface area (Å²) in [6.07, 6.45) is 1.17. The molecule has 0 bridgehead atoms. The van der Waals surface area contributed by atoms with Crippen LogP contribution < -0.4 is 0 Å². The maximum Gasteiger partial charge on any atom is 0.0720 e. The Kier molecular flexibility index (Phi) is 7.66. The Hall–Kier alpha value is -2.20. The van der Waals surface area contributed by atoms with Crippen molar-refractivity contribution in [2.24, 2.45) is 10.2 Å². The molecule has 0 aliphatic carbocycles. The van der Waals surface area contributed by atoms with Crippen LogP contribution in [0.3, 0.4) is 0 Å². The maximum atomic E-state index is 8.25. The lowest BCUT2D eigenvalue weighted by atomic mass is 10.2. The van der Waals surface area contributed by atoms with Gasteiger partial charge < -0.3 is 4.74 Å². The van der Waals surface area contributed by atoms with Gasteiger partial charge in [0.2, 0.25) is 0 Å². The van der Waals surface area contributed by atoms with Gasteiger partial charge >= 0.3 is 0 Å². The predicted molar refractivity (Wildman–Crippen MR) is 72.3 cm³/mol. The highest BCUT2D eigenvalue weighted by molar-refractivity contribution is 5.13.